The van der Waals surface area contributed by atoms with E-state index in [4.69, 9.17) is 15.7 Å². The van der Waals surface area contributed by atoms with Gasteiger partial charge in [0.2, 0.25) is 0 Å². The van der Waals surface area contributed by atoms with E-state index in [0.717, 1.165) is 0 Å². The standard InChI is InChI=1S/C13H17BrFN3O2/c1-7-5-18(6-8(2)20-7)10-4-3-9(13(16)17-19)11(14)12(10)15/h3-4,7-8,19H,5-6H2,1-2H3,(H2,16,17)/t7-,8+. The Balaban J connectivity index is 2.36. The minimum absolute atomic E-state index is 0.0423. The summed E-state index contributed by atoms with van der Waals surface area (Å²) in [6.45, 7) is 5.16. The molecule has 0 unspecified atom stereocenters. The molecule has 2 atom stereocenters. The molecule has 0 aromatic heterocycles. The number of oxime groups is 1. The lowest BCUT2D eigenvalue weighted by molar-refractivity contribution is -0.00539. The first kappa shape index (κ1) is 15.1. The third kappa shape index (κ3) is 2.88. The third-order valence-corrected chi connectivity index (χ3v) is 3.98. The van der Waals surface area contributed by atoms with Crippen LogP contribution in [0, 0.1) is 5.82 Å². The topological polar surface area (TPSA) is 71.1 Å². The van der Waals surface area contributed by atoms with Crippen molar-refractivity contribution in [2.75, 3.05) is 18.0 Å². The summed E-state index contributed by atoms with van der Waals surface area (Å²) in [5.74, 6) is -0.554. The monoisotopic (exact) mass is 345 g/mol. The van der Waals surface area contributed by atoms with E-state index in [1.807, 2.05) is 18.7 Å². The van der Waals surface area contributed by atoms with Crippen molar-refractivity contribution in [2.24, 2.45) is 10.9 Å². The van der Waals surface area contributed by atoms with Gasteiger partial charge in [-0.05, 0) is 41.9 Å². The lowest BCUT2D eigenvalue weighted by Gasteiger charge is -2.37. The Morgan fingerprint density at radius 3 is 2.60 bits per heavy atom. The van der Waals surface area contributed by atoms with Gasteiger partial charge in [-0.3, -0.25) is 0 Å². The first-order chi connectivity index (χ1) is 9.43. The van der Waals surface area contributed by atoms with E-state index in [1.165, 1.54) is 0 Å². The summed E-state index contributed by atoms with van der Waals surface area (Å²) in [4.78, 5) is 1.94. The maximum Gasteiger partial charge on any atom is 0.171 e. The molecule has 1 aliphatic heterocycles. The maximum atomic E-state index is 14.5. The molecule has 1 saturated heterocycles. The van der Waals surface area contributed by atoms with E-state index in [0.29, 0.717) is 24.3 Å². The Bertz CT molecular complexity index is 529. The smallest absolute Gasteiger partial charge is 0.171 e. The third-order valence-electron chi connectivity index (χ3n) is 3.21. The van der Waals surface area contributed by atoms with Crippen molar-refractivity contribution in [3.8, 4) is 0 Å². The van der Waals surface area contributed by atoms with E-state index in [-0.39, 0.29) is 22.5 Å². The predicted molar refractivity (Wildman–Crippen MR) is 78.8 cm³/mol. The van der Waals surface area contributed by atoms with Crippen molar-refractivity contribution in [1.29, 1.82) is 0 Å². The summed E-state index contributed by atoms with van der Waals surface area (Å²) in [5, 5.41) is 11.6. The number of morpholine rings is 1. The van der Waals surface area contributed by atoms with Crippen LogP contribution < -0.4 is 10.6 Å². The minimum atomic E-state index is -0.421. The Hall–Kier alpha value is -1.34. The van der Waals surface area contributed by atoms with Crippen LogP contribution in [0.2, 0.25) is 0 Å². The molecule has 1 fully saturated rings. The molecule has 0 radical (unpaired) electrons. The van der Waals surface area contributed by atoms with Crippen LogP contribution in [0.4, 0.5) is 10.1 Å². The fraction of sp³-hybridized carbons (Fsp3) is 0.462. The second-order valence-electron chi connectivity index (χ2n) is 4.91. The van der Waals surface area contributed by atoms with Crippen LogP contribution in [-0.2, 0) is 4.74 Å². The second-order valence-corrected chi connectivity index (χ2v) is 5.70. The molecule has 3 N–H and O–H groups in total. The lowest BCUT2D eigenvalue weighted by atomic mass is 10.1. The molecule has 0 aliphatic carbocycles. The summed E-state index contributed by atoms with van der Waals surface area (Å²) < 4.78 is 20.3. The van der Waals surface area contributed by atoms with Crippen LogP contribution in [0.15, 0.2) is 21.8 Å². The van der Waals surface area contributed by atoms with Gasteiger partial charge in [0.25, 0.3) is 0 Å². The highest BCUT2D eigenvalue weighted by Crippen LogP contribution is 2.31. The zero-order chi connectivity index (χ0) is 14.9. The van der Waals surface area contributed by atoms with E-state index >= 15 is 0 Å². The van der Waals surface area contributed by atoms with Gasteiger partial charge in [-0.2, -0.15) is 0 Å². The molecule has 2 rings (SSSR count). The van der Waals surface area contributed by atoms with Crippen LogP contribution in [0.3, 0.4) is 0 Å². The van der Waals surface area contributed by atoms with Gasteiger partial charge in [0.05, 0.1) is 22.4 Å². The van der Waals surface area contributed by atoms with Gasteiger partial charge in [-0.25, -0.2) is 4.39 Å². The zero-order valence-electron chi connectivity index (χ0n) is 11.3. The highest BCUT2D eigenvalue weighted by Gasteiger charge is 2.26. The molecular weight excluding hydrogens is 329 g/mol. The predicted octanol–water partition coefficient (Wildman–Crippen LogP) is 2.30. The summed E-state index contributed by atoms with van der Waals surface area (Å²) in [6, 6.07) is 3.26. The Kier molecular flexibility index (Phi) is 4.49. The number of ether oxygens (including phenoxy) is 1. The van der Waals surface area contributed by atoms with Gasteiger partial charge >= 0.3 is 0 Å². The van der Waals surface area contributed by atoms with Gasteiger partial charge in [-0.15, -0.1) is 0 Å². The van der Waals surface area contributed by atoms with Crippen molar-refractivity contribution in [3.05, 3.63) is 28.0 Å². The van der Waals surface area contributed by atoms with Gasteiger partial charge in [-0.1, -0.05) is 5.16 Å². The molecular formula is C13H17BrFN3O2. The molecule has 20 heavy (non-hydrogen) atoms. The van der Waals surface area contributed by atoms with E-state index in [2.05, 4.69) is 21.1 Å². The number of hydrogen-bond donors (Lipinski definition) is 2. The number of hydrogen-bond acceptors (Lipinski definition) is 4. The van der Waals surface area contributed by atoms with Gasteiger partial charge in [0, 0.05) is 18.7 Å². The van der Waals surface area contributed by atoms with Crippen molar-refractivity contribution >= 4 is 27.5 Å². The number of rotatable bonds is 2. The highest BCUT2D eigenvalue weighted by atomic mass is 79.9. The van der Waals surface area contributed by atoms with Gasteiger partial charge in [0.15, 0.2) is 11.7 Å². The molecule has 110 valence electrons. The van der Waals surface area contributed by atoms with Crippen molar-refractivity contribution < 1.29 is 14.3 Å². The summed E-state index contributed by atoms with van der Waals surface area (Å²) in [7, 11) is 0. The molecule has 1 aliphatic rings. The molecule has 0 spiro atoms. The number of benzene rings is 1. The number of nitrogens with zero attached hydrogens (tertiary/aromatic N) is 2. The maximum absolute atomic E-state index is 14.5. The SMILES string of the molecule is C[C@@H]1CN(c2ccc(/C(N)=N/O)c(Br)c2F)C[C@H](C)O1. The first-order valence-corrected chi connectivity index (χ1v) is 7.09. The molecule has 1 aromatic rings. The Labute approximate surface area is 125 Å². The molecule has 1 heterocycles. The molecule has 0 amide bonds. The van der Waals surface area contributed by atoms with E-state index < -0.39 is 5.82 Å². The Morgan fingerprint density at radius 1 is 1.45 bits per heavy atom. The number of anilines is 1. The number of amidine groups is 1. The molecule has 5 nitrogen and oxygen atoms in total. The quantitative estimate of drug-likeness (QED) is 0.373. The molecule has 0 saturated carbocycles. The number of halogens is 2. The van der Waals surface area contributed by atoms with E-state index in [9.17, 15) is 4.39 Å². The zero-order valence-corrected chi connectivity index (χ0v) is 12.9. The average Bonchev–Trinajstić information content (AvgIpc) is 2.39. The highest BCUT2D eigenvalue weighted by molar-refractivity contribution is 9.10. The number of nitrogens with two attached hydrogens (primary N) is 1. The van der Waals surface area contributed by atoms with Crippen LogP contribution in [0.5, 0.6) is 0 Å². The van der Waals surface area contributed by atoms with Crippen LogP contribution in [-0.4, -0.2) is 36.3 Å². The lowest BCUT2D eigenvalue weighted by Crippen LogP contribution is -2.45. The van der Waals surface area contributed by atoms with Crippen LogP contribution in [0.1, 0.15) is 19.4 Å². The normalized spacial score (nSPS) is 24.0. The fourth-order valence-electron chi connectivity index (χ4n) is 2.41. The fourth-order valence-corrected chi connectivity index (χ4v) is 2.95. The first-order valence-electron chi connectivity index (χ1n) is 6.30. The van der Waals surface area contributed by atoms with Gasteiger partial charge in [0.1, 0.15) is 0 Å². The van der Waals surface area contributed by atoms with Gasteiger partial charge < -0.3 is 20.6 Å². The second kappa shape index (κ2) is 5.97. The summed E-state index contributed by atoms with van der Waals surface area (Å²) in [5.41, 5.74) is 6.31. The van der Waals surface area contributed by atoms with Crippen molar-refractivity contribution in [1.82, 2.24) is 0 Å². The van der Waals surface area contributed by atoms with Crippen LogP contribution >= 0.6 is 15.9 Å². The summed E-state index contributed by atoms with van der Waals surface area (Å²) >= 11 is 3.16. The molecule has 7 heteroatoms. The van der Waals surface area contributed by atoms with Crippen molar-refractivity contribution in [2.45, 2.75) is 26.1 Å². The van der Waals surface area contributed by atoms with Crippen LogP contribution in [0.25, 0.3) is 0 Å². The largest absolute Gasteiger partial charge is 0.409 e. The van der Waals surface area contributed by atoms with E-state index in [1.54, 1.807) is 12.1 Å². The van der Waals surface area contributed by atoms with Crippen molar-refractivity contribution in [3.63, 3.8) is 0 Å². The minimum Gasteiger partial charge on any atom is -0.409 e. The summed E-state index contributed by atoms with van der Waals surface area (Å²) in [6.07, 6.45) is 0.0846. The molecule has 1 aromatic carbocycles. The Morgan fingerprint density at radius 2 is 2.05 bits per heavy atom. The average molecular weight is 346 g/mol. The molecule has 0 bridgehead atoms.